The van der Waals surface area contributed by atoms with Crippen LogP contribution in [0.1, 0.15) is 31.9 Å². The average molecular weight is 362 g/mol. The van der Waals surface area contributed by atoms with Gasteiger partial charge in [0.15, 0.2) is 12.4 Å². The van der Waals surface area contributed by atoms with E-state index in [0.29, 0.717) is 5.92 Å². The summed E-state index contributed by atoms with van der Waals surface area (Å²) in [6.07, 6.45) is 0. The van der Waals surface area contributed by atoms with Crippen LogP contribution in [0.15, 0.2) is 29.4 Å². The lowest BCUT2D eigenvalue weighted by Gasteiger charge is -2.26. The van der Waals surface area contributed by atoms with Crippen LogP contribution in [-0.4, -0.2) is 55.6 Å². The van der Waals surface area contributed by atoms with Gasteiger partial charge in [-0.25, -0.2) is 0 Å². The lowest BCUT2D eigenvalue weighted by molar-refractivity contribution is -0.126. The Bertz CT molecular complexity index is 613. The fourth-order valence-corrected chi connectivity index (χ4v) is 2.52. The Labute approximate surface area is 155 Å². The zero-order valence-electron chi connectivity index (χ0n) is 15.9. The predicted octanol–water partition coefficient (Wildman–Crippen LogP) is 1.32. The normalized spacial score (nSPS) is 17.2. The van der Waals surface area contributed by atoms with E-state index in [-0.39, 0.29) is 24.4 Å². The Morgan fingerprint density at radius 3 is 2.77 bits per heavy atom. The van der Waals surface area contributed by atoms with Gasteiger partial charge in [-0.1, -0.05) is 37.2 Å². The summed E-state index contributed by atoms with van der Waals surface area (Å²) < 4.78 is 5.37. The maximum Gasteiger partial charge on any atom is 0.260 e. The second kappa shape index (κ2) is 10.1. The third-order valence-electron chi connectivity index (χ3n) is 4.48. The number of hydrogen-bond donors (Lipinski definition) is 2. The molecule has 0 saturated carbocycles. The highest BCUT2D eigenvalue weighted by Crippen LogP contribution is 2.10. The number of benzene rings is 1. The number of nitrogens with two attached hydrogens (primary N) is 1. The summed E-state index contributed by atoms with van der Waals surface area (Å²) in [6, 6.07) is 7.98. The van der Waals surface area contributed by atoms with Gasteiger partial charge in [0.05, 0.1) is 13.2 Å². The van der Waals surface area contributed by atoms with Gasteiger partial charge in [0.1, 0.15) is 0 Å². The molecule has 2 rings (SSSR count). The van der Waals surface area contributed by atoms with Gasteiger partial charge in [-0.2, -0.15) is 0 Å². The molecule has 7 heteroatoms. The van der Waals surface area contributed by atoms with E-state index in [2.05, 4.69) is 21.4 Å². The quantitative estimate of drug-likeness (QED) is 0.414. The number of oxime groups is 1. The van der Waals surface area contributed by atoms with Gasteiger partial charge >= 0.3 is 0 Å². The second-order valence-electron chi connectivity index (χ2n) is 6.94. The van der Waals surface area contributed by atoms with Gasteiger partial charge in [0.25, 0.3) is 5.91 Å². The molecule has 7 nitrogen and oxygen atoms in total. The molecule has 0 aliphatic carbocycles. The van der Waals surface area contributed by atoms with E-state index in [4.69, 9.17) is 15.3 Å². The van der Waals surface area contributed by atoms with Crippen molar-refractivity contribution in [2.45, 2.75) is 33.4 Å². The van der Waals surface area contributed by atoms with Crippen molar-refractivity contribution in [3.63, 3.8) is 0 Å². The van der Waals surface area contributed by atoms with Crippen LogP contribution in [-0.2, 0) is 20.9 Å². The molecule has 1 aromatic rings. The standard InChI is InChI=1S/C19H30N4O3/c1-14(2)15(3)21-18(24)13-26-22-19(20)17-6-4-5-16(11-17)12-23-7-9-25-10-8-23/h4-6,11,14-15H,7-10,12-13H2,1-3H3,(H2,20,22)(H,21,24). The van der Waals surface area contributed by atoms with Gasteiger partial charge in [-0.05, 0) is 24.5 Å². The number of morpholine rings is 1. The summed E-state index contributed by atoms with van der Waals surface area (Å²) in [7, 11) is 0. The molecule has 144 valence electrons. The maximum absolute atomic E-state index is 11.8. The summed E-state index contributed by atoms with van der Waals surface area (Å²) >= 11 is 0. The summed E-state index contributed by atoms with van der Waals surface area (Å²) in [5, 5.41) is 6.73. The number of carbonyl (C=O) groups is 1. The second-order valence-corrected chi connectivity index (χ2v) is 6.94. The van der Waals surface area contributed by atoms with Crippen LogP contribution in [0.2, 0.25) is 0 Å². The lowest BCUT2D eigenvalue weighted by Crippen LogP contribution is -2.38. The minimum atomic E-state index is -0.205. The van der Waals surface area contributed by atoms with Gasteiger partial charge in [0, 0.05) is 31.2 Å². The van der Waals surface area contributed by atoms with Crippen LogP contribution in [0.25, 0.3) is 0 Å². The molecule has 0 radical (unpaired) electrons. The zero-order valence-corrected chi connectivity index (χ0v) is 15.9. The molecule has 1 saturated heterocycles. The Balaban J connectivity index is 1.85. The Kier molecular flexibility index (Phi) is 7.87. The number of nitrogens with zero attached hydrogens (tertiary/aromatic N) is 2. The number of nitrogens with one attached hydrogen (secondary N) is 1. The third-order valence-corrected chi connectivity index (χ3v) is 4.48. The molecular weight excluding hydrogens is 332 g/mol. The van der Waals surface area contributed by atoms with Crippen LogP contribution in [0.4, 0.5) is 0 Å². The first-order valence-electron chi connectivity index (χ1n) is 9.10. The van der Waals surface area contributed by atoms with E-state index in [1.54, 1.807) is 0 Å². The van der Waals surface area contributed by atoms with Gasteiger partial charge in [-0.3, -0.25) is 9.69 Å². The number of ether oxygens (including phenoxy) is 1. The third kappa shape index (κ3) is 6.65. The van der Waals surface area contributed by atoms with Crippen molar-refractivity contribution in [2.24, 2.45) is 16.8 Å². The number of amidine groups is 1. The van der Waals surface area contributed by atoms with E-state index >= 15 is 0 Å². The molecule has 26 heavy (non-hydrogen) atoms. The van der Waals surface area contributed by atoms with Crippen molar-refractivity contribution >= 4 is 11.7 Å². The molecule has 3 N–H and O–H groups in total. The lowest BCUT2D eigenvalue weighted by atomic mass is 10.1. The minimum Gasteiger partial charge on any atom is -0.384 e. The molecule has 0 aromatic heterocycles. The van der Waals surface area contributed by atoms with Gasteiger partial charge in [0.2, 0.25) is 0 Å². The fraction of sp³-hybridized carbons (Fsp3) is 0.579. The molecule has 1 aliphatic rings. The van der Waals surface area contributed by atoms with Crippen molar-refractivity contribution in [2.75, 3.05) is 32.9 Å². The molecule has 1 fully saturated rings. The number of carbonyl (C=O) groups excluding carboxylic acids is 1. The predicted molar refractivity (Wildman–Crippen MR) is 102 cm³/mol. The smallest absolute Gasteiger partial charge is 0.260 e. The van der Waals surface area contributed by atoms with Crippen LogP contribution in [0.5, 0.6) is 0 Å². The number of rotatable bonds is 8. The number of hydrogen-bond acceptors (Lipinski definition) is 5. The van der Waals surface area contributed by atoms with Gasteiger partial charge in [-0.15, -0.1) is 0 Å². The van der Waals surface area contributed by atoms with Crippen molar-refractivity contribution in [1.29, 1.82) is 0 Å². The molecule has 1 aromatic carbocycles. The molecule has 1 unspecified atom stereocenters. The molecule has 0 spiro atoms. The highest BCUT2D eigenvalue weighted by Gasteiger charge is 2.12. The monoisotopic (exact) mass is 362 g/mol. The summed E-state index contributed by atoms with van der Waals surface area (Å²) in [6.45, 7) is 10.2. The van der Waals surface area contributed by atoms with E-state index < -0.39 is 0 Å². The van der Waals surface area contributed by atoms with Crippen molar-refractivity contribution in [3.05, 3.63) is 35.4 Å². The largest absolute Gasteiger partial charge is 0.384 e. The topological polar surface area (TPSA) is 89.2 Å². The van der Waals surface area contributed by atoms with Crippen LogP contribution in [0, 0.1) is 5.92 Å². The minimum absolute atomic E-state index is 0.0873. The van der Waals surface area contributed by atoms with Crippen LogP contribution >= 0.6 is 0 Å². The van der Waals surface area contributed by atoms with E-state index in [9.17, 15) is 4.79 Å². The molecule has 1 amide bonds. The summed E-state index contributed by atoms with van der Waals surface area (Å²) in [5.41, 5.74) is 7.93. The van der Waals surface area contributed by atoms with Crippen molar-refractivity contribution in [3.8, 4) is 0 Å². The Morgan fingerprint density at radius 2 is 2.08 bits per heavy atom. The highest BCUT2D eigenvalue weighted by atomic mass is 16.6. The highest BCUT2D eigenvalue weighted by molar-refractivity contribution is 5.97. The van der Waals surface area contributed by atoms with Crippen LogP contribution < -0.4 is 11.1 Å². The molecule has 1 aliphatic heterocycles. The van der Waals surface area contributed by atoms with E-state index in [1.807, 2.05) is 39.0 Å². The fourth-order valence-electron chi connectivity index (χ4n) is 2.52. The SMILES string of the molecule is CC(C)C(C)NC(=O)CO/N=C(\N)c1cccc(CN2CCOCC2)c1. The maximum atomic E-state index is 11.8. The summed E-state index contributed by atoms with van der Waals surface area (Å²) in [4.78, 5) is 19.2. The zero-order chi connectivity index (χ0) is 18.9. The first kappa shape index (κ1) is 20.2. The average Bonchev–Trinajstić information content (AvgIpc) is 2.62. The molecular formula is C19H30N4O3. The van der Waals surface area contributed by atoms with Gasteiger partial charge < -0.3 is 20.6 Å². The van der Waals surface area contributed by atoms with Crippen LogP contribution in [0.3, 0.4) is 0 Å². The Hall–Kier alpha value is -2.12. The van der Waals surface area contributed by atoms with E-state index in [1.165, 1.54) is 0 Å². The van der Waals surface area contributed by atoms with Crippen molar-refractivity contribution in [1.82, 2.24) is 10.2 Å². The molecule has 0 bridgehead atoms. The molecule has 1 atom stereocenters. The summed E-state index contributed by atoms with van der Waals surface area (Å²) in [5.74, 6) is 0.420. The number of amides is 1. The first-order chi connectivity index (χ1) is 12.5. The van der Waals surface area contributed by atoms with E-state index in [0.717, 1.165) is 44.0 Å². The van der Waals surface area contributed by atoms with Crippen molar-refractivity contribution < 1.29 is 14.4 Å². The first-order valence-corrected chi connectivity index (χ1v) is 9.10. The molecule has 1 heterocycles. The Morgan fingerprint density at radius 1 is 1.35 bits per heavy atom.